The van der Waals surface area contributed by atoms with Gasteiger partial charge in [-0.1, -0.05) is 30.3 Å². The fourth-order valence-corrected chi connectivity index (χ4v) is 3.13. The normalized spacial score (nSPS) is 10.9. The van der Waals surface area contributed by atoms with Gasteiger partial charge in [-0.2, -0.15) is 0 Å². The minimum Gasteiger partial charge on any atom is -0.489 e. The molecule has 3 aromatic rings. The molecular formula is C19H19NO2S. The van der Waals surface area contributed by atoms with Crippen molar-refractivity contribution in [3.8, 4) is 5.75 Å². The molecule has 4 heteroatoms. The van der Waals surface area contributed by atoms with E-state index in [0.29, 0.717) is 6.61 Å². The Morgan fingerprint density at radius 1 is 1.13 bits per heavy atom. The van der Waals surface area contributed by atoms with Gasteiger partial charge in [0, 0.05) is 11.6 Å². The maximum absolute atomic E-state index is 11.9. The molecule has 0 aliphatic heterocycles. The van der Waals surface area contributed by atoms with Gasteiger partial charge in [-0.3, -0.25) is 4.79 Å². The van der Waals surface area contributed by atoms with E-state index in [-0.39, 0.29) is 11.9 Å². The van der Waals surface area contributed by atoms with Crippen LogP contribution in [-0.2, 0) is 6.61 Å². The van der Waals surface area contributed by atoms with E-state index in [0.717, 1.165) is 21.6 Å². The first kappa shape index (κ1) is 15.6. The molecule has 1 amide bonds. The SMILES string of the molecule is CC(C)NC(=O)c1cc(COc2ccc3ccccc3c2)cs1. The van der Waals surface area contributed by atoms with Crippen molar-refractivity contribution in [2.24, 2.45) is 0 Å². The molecule has 0 atom stereocenters. The molecule has 23 heavy (non-hydrogen) atoms. The third-order valence-electron chi connectivity index (χ3n) is 3.42. The van der Waals surface area contributed by atoms with Crippen LogP contribution in [0.3, 0.4) is 0 Å². The highest BCUT2D eigenvalue weighted by molar-refractivity contribution is 7.12. The van der Waals surface area contributed by atoms with Crippen LogP contribution in [0.2, 0.25) is 0 Å². The van der Waals surface area contributed by atoms with Crippen LogP contribution in [0.15, 0.2) is 53.9 Å². The molecule has 1 heterocycles. The van der Waals surface area contributed by atoms with Gasteiger partial charge in [-0.15, -0.1) is 11.3 Å². The van der Waals surface area contributed by atoms with E-state index >= 15 is 0 Å². The lowest BCUT2D eigenvalue weighted by Crippen LogP contribution is -2.29. The van der Waals surface area contributed by atoms with Gasteiger partial charge in [0.2, 0.25) is 0 Å². The van der Waals surface area contributed by atoms with Crippen LogP contribution in [0.1, 0.15) is 29.1 Å². The molecule has 118 valence electrons. The number of rotatable bonds is 5. The number of benzene rings is 2. The number of ether oxygens (including phenoxy) is 1. The third kappa shape index (κ3) is 3.90. The van der Waals surface area contributed by atoms with E-state index in [9.17, 15) is 4.79 Å². The summed E-state index contributed by atoms with van der Waals surface area (Å²) in [4.78, 5) is 12.7. The second-order valence-electron chi connectivity index (χ2n) is 5.74. The Labute approximate surface area is 139 Å². The predicted octanol–water partition coefficient (Wildman–Crippen LogP) is 4.62. The zero-order chi connectivity index (χ0) is 16.2. The number of carbonyl (C=O) groups is 1. The van der Waals surface area contributed by atoms with Crippen molar-refractivity contribution in [1.82, 2.24) is 5.32 Å². The quantitative estimate of drug-likeness (QED) is 0.743. The average Bonchev–Trinajstić information content (AvgIpc) is 3.01. The summed E-state index contributed by atoms with van der Waals surface area (Å²) in [5.74, 6) is 0.810. The second kappa shape index (κ2) is 6.84. The van der Waals surface area contributed by atoms with E-state index < -0.39 is 0 Å². The molecule has 0 saturated heterocycles. The van der Waals surface area contributed by atoms with Crippen LogP contribution in [0.4, 0.5) is 0 Å². The van der Waals surface area contributed by atoms with Gasteiger partial charge >= 0.3 is 0 Å². The Kier molecular flexibility index (Phi) is 4.63. The molecule has 0 radical (unpaired) electrons. The Morgan fingerprint density at radius 2 is 1.91 bits per heavy atom. The Balaban J connectivity index is 1.65. The van der Waals surface area contributed by atoms with Gasteiger partial charge in [-0.25, -0.2) is 0 Å². The number of amides is 1. The van der Waals surface area contributed by atoms with Crippen LogP contribution in [0, 0.1) is 0 Å². The molecule has 3 rings (SSSR count). The minimum atomic E-state index is -0.0260. The molecule has 0 spiro atoms. The number of hydrogen-bond donors (Lipinski definition) is 1. The predicted molar refractivity (Wildman–Crippen MR) is 95.2 cm³/mol. The fraction of sp³-hybridized carbons (Fsp3) is 0.211. The number of hydrogen-bond acceptors (Lipinski definition) is 3. The van der Waals surface area contributed by atoms with E-state index in [1.54, 1.807) is 0 Å². The lowest BCUT2D eigenvalue weighted by atomic mass is 10.1. The van der Waals surface area contributed by atoms with Crippen molar-refractivity contribution < 1.29 is 9.53 Å². The highest BCUT2D eigenvalue weighted by Crippen LogP contribution is 2.22. The summed E-state index contributed by atoms with van der Waals surface area (Å²) >= 11 is 1.45. The summed E-state index contributed by atoms with van der Waals surface area (Å²) in [6, 6.07) is 16.3. The molecule has 0 bridgehead atoms. The molecule has 3 nitrogen and oxygen atoms in total. The topological polar surface area (TPSA) is 38.3 Å². The van der Waals surface area contributed by atoms with Gasteiger partial charge in [0.15, 0.2) is 0 Å². The Bertz CT molecular complexity index is 823. The monoisotopic (exact) mass is 325 g/mol. The first-order valence-corrected chi connectivity index (χ1v) is 8.49. The van der Waals surface area contributed by atoms with Gasteiger partial charge in [-0.05, 0) is 48.2 Å². The summed E-state index contributed by atoms with van der Waals surface area (Å²) in [5, 5.41) is 7.22. The van der Waals surface area contributed by atoms with Gasteiger partial charge in [0.1, 0.15) is 12.4 Å². The van der Waals surface area contributed by atoms with Gasteiger partial charge in [0.25, 0.3) is 5.91 Å². The molecule has 0 aliphatic rings. The number of thiophene rings is 1. The zero-order valence-corrected chi connectivity index (χ0v) is 14.0. The third-order valence-corrected chi connectivity index (χ3v) is 4.40. The molecule has 1 N–H and O–H groups in total. The lowest BCUT2D eigenvalue weighted by Gasteiger charge is -2.07. The molecule has 0 unspecified atom stereocenters. The van der Waals surface area contributed by atoms with Crippen LogP contribution >= 0.6 is 11.3 Å². The van der Waals surface area contributed by atoms with E-state index in [4.69, 9.17) is 4.74 Å². The average molecular weight is 325 g/mol. The highest BCUT2D eigenvalue weighted by Gasteiger charge is 2.10. The van der Waals surface area contributed by atoms with E-state index in [1.807, 2.05) is 49.6 Å². The number of fused-ring (bicyclic) bond motifs is 1. The Hall–Kier alpha value is -2.33. The summed E-state index contributed by atoms with van der Waals surface area (Å²) in [6.45, 7) is 4.37. The summed E-state index contributed by atoms with van der Waals surface area (Å²) in [6.07, 6.45) is 0. The second-order valence-corrected chi connectivity index (χ2v) is 6.66. The van der Waals surface area contributed by atoms with E-state index in [1.165, 1.54) is 16.7 Å². The van der Waals surface area contributed by atoms with Crippen LogP contribution < -0.4 is 10.1 Å². The first-order chi connectivity index (χ1) is 11.1. The maximum Gasteiger partial charge on any atom is 0.261 e. The van der Waals surface area contributed by atoms with Crippen LogP contribution in [0.25, 0.3) is 10.8 Å². The minimum absolute atomic E-state index is 0.0260. The fourth-order valence-electron chi connectivity index (χ4n) is 2.33. The zero-order valence-electron chi connectivity index (χ0n) is 13.2. The Morgan fingerprint density at radius 3 is 2.70 bits per heavy atom. The molecule has 0 saturated carbocycles. The first-order valence-electron chi connectivity index (χ1n) is 7.62. The molecule has 2 aromatic carbocycles. The molecule has 0 fully saturated rings. The molecule has 1 aromatic heterocycles. The van der Waals surface area contributed by atoms with Gasteiger partial charge in [0.05, 0.1) is 4.88 Å². The van der Waals surface area contributed by atoms with Crippen molar-refractivity contribution in [3.05, 3.63) is 64.4 Å². The van der Waals surface area contributed by atoms with Crippen molar-refractivity contribution in [2.45, 2.75) is 26.5 Å². The molecular weight excluding hydrogens is 306 g/mol. The van der Waals surface area contributed by atoms with Crippen molar-refractivity contribution in [2.75, 3.05) is 0 Å². The van der Waals surface area contributed by atoms with E-state index in [2.05, 4.69) is 23.5 Å². The summed E-state index contributed by atoms with van der Waals surface area (Å²) in [7, 11) is 0. The van der Waals surface area contributed by atoms with Crippen molar-refractivity contribution >= 4 is 28.0 Å². The van der Waals surface area contributed by atoms with Crippen LogP contribution in [0.5, 0.6) is 5.75 Å². The van der Waals surface area contributed by atoms with Crippen LogP contribution in [-0.4, -0.2) is 11.9 Å². The highest BCUT2D eigenvalue weighted by atomic mass is 32.1. The van der Waals surface area contributed by atoms with Crippen molar-refractivity contribution in [1.29, 1.82) is 0 Å². The number of nitrogens with one attached hydrogen (secondary N) is 1. The molecule has 0 aliphatic carbocycles. The summed E-state index contributed by atoms with van der Waals surface area (Å²) < 4.78 is 5.85. The van der Waals surface area contributed by atoms with Crippen molar-refractivity contribution in [3.63, 3.8) is 0 Å². The largest absolute Gasteiger partial charge is 0.489 e. The summed E-state index contributed by atoms with van der Waals surface area (Å²) in [5.41, 5.74) is 1.01. The van der Waals surface area contributed by atoms with Gasteiger partial charge < -0.3 is 10.1 Å². The standard InChI is InChI=1S/C19H19NO2S/c1-13(2)20-19(21)18-9-14(12-23-18)11-22-17-8-7-15-5-3-4-6-16(15)10-17/h3-10,12-13H,11H2,1-2H3,(H,20,21). The smallest absolute Gasteiger partial charge is 0.261 e. The lowest BCUT2D eigenvalue weighted by molar-refractivity contribution is 0.0947. The number of carbonyl (C=O) groups excluding carboxylic acids is 1. The maximum atomic E-state index is 11.9.